The highest BCUT2D eigenvalue weighted by Crippen LogP contribution is 2.34. The van der Waals surface area contributed by atoms with E-state index in [9.17, 15) is 23.1 Å². The molecule has 0 radical (unpaired) electrons. The molecule has 4 aromatic rings. The minimum atomic E-state index is -4.11. The topological polar surface area (TPSA) is 147 Å². The summed E-state index contributed by atoms with van der Waals surface area (Å²) in [5, 5.41) is 20.4. The van der Waals surface area contributed by atoms with Crippen molar-refractivity contribution in [3.63, 3.8) is 0 Å². The van der Waals surface area contributed by atoms with Gasteiger partial charge in [-0.3, -0.25) is 15.0 Å². The predicted molar refractivity (Wildman–Crippen MR) is 157 cm³/mol. The summed E-state index contributed by atoms with van der Waals surface area (Å²) in [7, 11) is -4.11. The fourth-order valence-corrected chi connectivity index (χ4v) is 5.76. The monoisotopic (exact) mass is 576 g/mol. The first-order valence-corrected chi connectivity index (χ1v) is 14.6. The maximum atomic E-state index is 13.0. The molecule has 0 aliphatic carbocycles. The molecule has 9 nitrogen and oxygen atoms in total. The molecule has 0 saturated carbocycles. The van der Waals surface area contributed by atoms with E-state index in [2.05, 4.69) is 5.32 Å². The first-order valence-electron chi connectivity index (χ1n) is 13.2. The van der Waals surface area contributed by atoms with Crippen LogP contribution in [0, 0.1) is 24.2 Å². The maximum Gasteiger partial charge on any atom is 0.307 e. The predicted octanol–water partition coefficient (Wildman–Crippen LogP) is 6.56. The molecule has 1 atom stereocenters. The standard InChI is InChI=1S/C31H32N2O7S/c1-5-39-25-7-6-8-26-28(25)19(4)29(40-26)30(34)33-22-13-9-20(10-14-22)21-11-15-23(16-12-21)41(37,38)27(32)17-24(18(2)3)31(35)36/h6-16,18,24,32H,5,17H2,1-4H3,(H,33,34)(H,35,36). The summed E-state index contributed by atoms with van der Waals surface area (Å²) in [4.78, 5) is 24.4. The van der Waals surface area contributed by atoms with Crippen LogP contribution >= 0.6 is 0 Å². The Labute approximate surface area is 238 Å². The van der Waals surface area contributed by atoms with Gasteiger partial charge in [0.05, 0.1) is 22.8 Å². The number of carbonyl (C=O) groups excluding carboxylic acids is 1. The van der Waals surface area contributed by atoms with Gasteiger partial charge in [-0.05, 0) is 67.3 Å². The summed E-state index contributed by atoms with van der Waals surface area (Å²) in [5.74, 6) is -1.94. The smallest absolute Gasteiger partial charge is 0.307 e. The lowest BCUT2D eigenvalue weighted by atomic mass is 9.93. The molecule has 1 amide bonds. The molecule has 1 unspecified atom stereocenters. The number of anilines is 1. The third-order valence-corrected chi connectivity index (χ3v) is 8.62. The molecule has 4 rings (SSSR count). The number of rotatable bonds is 10. The van der Waals surface area contributed by atoms with E-state index in [1.807, 2.05) is 26.0 Å². The number of hydrogen-bond donors (Lipinski definition) is 3. The second kappa shape index (κ2) is 12.0. The fourth-order valence-electron chi connectivity index (χ4n) is 4.58. The van der Waals surface area contributed by atoms with Crippen molar-refractivity contribution in [3.8, 4) is 16.9 Å². The molecular formula is C31H32N2O7S. The molecule has 1 heterocycles. The van der Waals surface area contributed by atoms with E-state index in [0.29, 0.717) is 29.2 Å². The first kappa shape index (κ1) is 29.5. The lowest BCUT2D eigenvalue weighted by molar-refractivity contribution is -0.142. The summed E-state index contributed by atoms with van der Waals surface area (Å²) >= 11 is 0. The van der Waals surface area contributed by atoms with Crippen LogP contribution in [-0.4, -0.2) is 37.1 Å². The Morgan fingerprint density at radius 1 is 1.00 bits per heavy atom. The van der Waals surface area contributed by atoms with Gasteiger partial charge < -0.3 is 19.6 Å². The van der Waals surface area contributed by atoms with Crippen molar-refractivity contribution in [2.24, 2.45) is 11.8 Å². The number of carbonyl (C=O) groups is 2. The summed E-state index contributed by atoms with van der Waals surface area (Å²) in [5.41, 5.74) is 3.32. The third-order valence-electron chi connectivity index (χ3n) is 6.91. The lowest BCUT2D eigenvalue weighted by Crippen LogP contribution is -2.26. The van der Waals surface area contributed by atoms with Crippen LogP contribution in [0.2, 0.25) is 0 Å². The van der Waals surface area contributed by atoms with E-state index in [1.54, 1.807) is 56.3 Å². The Morgan fingerprint density at radius 2 is 1.61 bits per heavy atom. The SMILES string of the molecule is CCOc1cccc2oc(C(=O)Nc3ccc(-c4ccc(S(=O)(=O)C(=N)CC(C(=O)O)C(C)C)cc4)cc3)c(C)c12. The van der Waals surface area contributed by atoms with Crippen molar-refractivity contribution in [3.05, 3.63) is 78.1 Å². The van der Waals surface area contributed by atoms with Gasteiger partial charge in [-0.1, -0.05) is 44.2 Å². The average molecular weight is 577 g/mol. The van der Waals surface area contributed by atoms with Crippen LogP contribution in [0.3, 0.4) is 0 Å². The van der Waals surface area contributed by atoms with Gasteiger partial charge in [-0.2, -0.15) is 0 Å². The Hall–Kier alpha value is -4.44. The molecule has 214 valence electrons. The quantitative estimate of drug-likeness (QED) is 0.143. The van der Waals surface area contributed by atoms with Crippen LogP contribution in [0.5, 0.6) is 5.75 Å². The lowest BCUT2D eigenvalue weighted by Gasteiger charge is -2.16. The van der Waals surface area contributed by atoms with Crippen LogP contribution < -0.4 is 10.1 Å². The van der Waals surface area contributed by atoms with Crippen molar-refractivity contribution in [1.29, 1.82) is 5.41 Å². The van der Waals surface area contributed by atoms with E-state index in [4.69, 9.17) is 14.6 Å². The van der Waals surface area contributed by atoms with E-state index >= 15 is 0 Å². The van der Waals surface area contributed by atoms with E-state index < -0.39 is 32.7 Å². The molecular weight excluding hydrogens is 544 g/mol. The average Bonchev–Trinajstić information content (AvgIpc) is 3.29. The molecule has 0 aliphatic rings. The van der Waals surface area contributed by atoms with Crippen LogP contribution in [0.4, 0.5) is 5.69 Å². The molecule has 3 aromatic carbocycles. The van der Waals surface area contributed by atoms with Crippen molar-refractivity contribution >= 4 is 43.4 Å². The van der Waals surface area contributed by atoms with Gasteiger partial charge in [0.15, 0.2) is 5.76 Å². The molecule has 0 spiro atoms. The molecule has 1 aromatic heterocycles. The zero-order chi connectivity index (χ0) is 29.9. The van der Waals surface area contributed by atoms with E-state index in [0.717, 1.165) is 16.5 Å². The zero-order valence-corrected chi connectivity index (χ0v) is 24.0. The Kier molecular flexibility index (Phi) is 8.63. The van der Waals surface area contributed by atoms with Gasteiger partial charge in [0.25, 0.3) is 5.91 Å². The number of aliphatic carboxylic acids is 1. The van der Waals surface area contributed by atoms with E-state index in [1.165, 1.54) is 12.1 Å². The summed E-state index contributed by atoms with van der Waals surface area (Å²) in [6.07, 6.45) is -0.370. The number of aryl methyl sites for hydroxylation is 1. The molecule has 41 heavy (non-hydrogen) atoms. The normalized spacial score (nSPS) is 12.3. The van der Waals surface area contributed by atoms with Crippen LogP contribution in [0.15, 0.2) is 76.0 Å². The van der Waals surface area contributed by atoms with Crippen molar-refractivity contribution < 1.29 is 32.3 Å². The molecule has 3 N–H and O–H groups in total. The van der Waals surface area contributed by atoms with Gasteiger partial charge in [-0.15, -0.1) is 0 Å². The molecule has 0 bridgehead atoms. The number of nitrogens with one attached hydrogen (secondary N) is 2. The van der Waals surface area contributed by atoms with Gasteiger partial charge in [-0.25, -0.2) is 8.42 Å². The number of fused-ring (bicyclic) bond motifs is 1. The minimum Gasteiger partial charge on any atom is -0.493 e. The number of carboxylic acid groups (broad SMARTS) is 1. The van der Waals surface area contributed by atoms with Crippen LogP contribution in [-0.2, 0) is 14.6 Å². The number of sulfone groups is 1. The van der Waals surface area contributed by atoms with Crippen LogP contribution in [0.1, 0.15) is 43.3 Å². The highest BCUT2D eigenvalue weighted by atomic mass is 32.2. The molecule has 10 heteroatoms. The van der Waals surface area contributed by atoms with Gasteiger partial charge in [0.2, 0.25) is 9.84 Å². The van der Waals surface area contributed by atoms with Gasteiger partial charge in [0.1, 0.15) is 16.4 Å². The number of amides is 1. The third kappa shape index (κ3) is 6.17. The van der Waals surface area contributed by atoms with E-state index in [-0.39, 0.29) is 23.0 Å². The second-order valence-electron chi connectivity index (χ2n) is 9.99. The first-order chi connectivity index (χ1) is 19.4. The van der Waals surface area contributed by atoms with Gasteiger partial charge >= 0.3 is 5.97 Å². The Balaban J connectivity index is 1.47. The summed E-state index contributed by atoms with van der Waals surface area (Å²) in [6, 6.07) is 18.5. The number of benzene rings is 3. The molecule has 0 fully saturated rings. The molecule has 0 aliphatic heterocycles. The largest absolute Gasteiger partial charge is 0.493 e. The number of hydrogen-bond acceptors (Lipinski definition) is 7. The maximum absolute atomic E-state index is 13.0. The van der Waals surface area contributed by atoms with Crippen molar-refractivity contribution in [1.82, 2.24) is 0 Å². The van der Waals surface area contributed by atoms with Crippen molar-refractivity contribution in [2.75, 3.05) is 11.9 Å². The Bertz CT molecular complexity index is 1700. The number of ether oxygens (including phenoxy) is 1. The zero-order valence-electron chi connectivity index (χ0n) is 23.2. The fraction of sp³-hybridized carbons (Fsp3) is 0.258. The number of furan rings is 1. The highest BCUT2D eigenvalue weighted by molar-refractivity contribution is 8.06. The highest BCUT2D eigenvalue weighted by Gasteiger charge is 2.29. The minimum absolute atomic E-state index is 0.0725. The molecule has 0 saturated heterocycles. The summed E-state index contributed by atoms with van der Waals surface area (Å²) in [6.45, 7) is 7.56. The van der Waals surface area contributed by atoms with Crippen molar-refractivity contribution in [2.45, 2.75) is 39.0 Å². The van der Waals surface area contributed by atoms with Gasteiger partial charge in [0, 0.05) is 17.7 Å². The Morgan fingerprint density at radius 3 is 2.17 bits per heavy atom. The second-order valence-corrected chi connectivity index (χ2v) is 12.0. The number of carboxylic acids is 1. The summed E-state index contributed by atoms with van der Waals surface area (Å²) < 4.78 is 37.3. The van der Waals surface area contributed by atoms with Crippen LogP contribution in [0.25, 0.3) is 22.1 Å².